The Morgan fingerprint density at radius 2 is 1.20 bits per heavy atom. The first kappa shape index (κ1) is 51.5. The van der Waals surface area contributed by atoms with Gasteiger partial charge in [0.15, 0.2) is 5.56 Å². The average Bonchev–Trinajstić information content (AvgIpc) is 3.10. The number of rotatable bonds is 16. The molecule has 0 saturated carbocycles. The standard InChI is InChI=1S/C24H38N2O8.C15H22ClNO4.CH4/c1-8-26(14-19(28)17-10-9-11-18(27)12-17)23(31)33-21(15(2)3)32-20(29)16(4)13-25-22(30)34-24(5,6)7;1-4-17(15(20)21-14(16)10(2)3)9-13(19)11-6-5-7-12(18)8-11;/h9-12,15-16,19,21,27-28H,8,13-14H2,1-7H3,(H,25,30);5-8,10,13-14,18-19H,4,9H2,1-3H3;1H4. The lowest BCUT2D eigenvalue weighted by atomic mass is 10.1. The molecule has 56 heavy (non-hydrogen) atoms. The summed E-state index contributed by atoms with van der Waals surface area (Å²) in [7, 11) is 0. The topological polar surface area (TPSA) is 205 Å². The lowest BCUT2D eigenvalue weighted by molar-refractivity contribution is -0.180. The zero-order valence-corrected chi connectivity index (χ0v) is 34.3. The number of nitrogens with one attached hydrogen (secondary N) is 1. The quantitative estimate of drug-likeness (QED) is 0.0490. The van der Waals surface area contributed by atoms with Gasteiger partial charge >= 0.3 is 24.2 Å². The van der Waals surface area contributed by atoms with Crippen LogP contribution in [0.15, 0.2) is 48.5 Å². The van der Waals surface area contributed by atoms with Crippen LogP contribution in [0.1, 0.15) is 100.0 Å². The van der Waals surface area contributed by atoms with Crippen molar-refractivity contribution in [3.8, 4) is 11.5 Å². The first-order valence-electron chi connectivity index (χ1n) is 18.2. The van der Waals surface area contributed by atoms with Crippen molar-refractivity contribution in [2.45, 2.75) is 106 Å². The molecule has 2 rings (SSSR count). The molecule has 15 nitrogen and oxygen atoms in total. The fraction of sp³-hybridized carbons (Fsp3) is 0.600. The van der Waals surface area contributed by atoms with Gasteiger partial charge in [0.1, 0.15) is 17.1 Å². The van der Waals surface area contributed by atoms with Gasteiger partial charge in [0.2, 0.25) is 0 Å². The Morgan fingerprint density at radius 1 is 0.750 bits per heavy atom. The molecular weight excluding hydrogens is 750 g/mol. The van der Waals surface area contributed by atoms with Gasteiger partial charge in [0.05, 0.1) is 31.2 Å². The number of aromatic hydroxyl groups is 2. The van der Waals surface area contributed by atoms with Gasteiger partial charge in [-0.15, -0.1) is 0 Å². The summed E-state index contributed by atoms with van der Waals surface area (Å²) in [5.41, 5.74) is -0.383. The molecule has 5 atom stereocenters. The van der Waals surface area contributed by atoms with Crippen molar-refractivity contribution in [1.29, 1.82) is 0 Å². The van der Waals surface area contributed by atoms with Crippen molar-refractivity contribution < 1.29 is 58.6 Å². The van der Waals surface area contributed by atoms with Crippen LogP contribution in [0, 0.1) is 17.8 Å². The fourth-order valence-corrected chi connectivity index (χ4v) is 4.48. The molecule has 0 radical (unpaired) electrons. The van der Waals surface area contributed by atoms with Crippen LogP contribution in [0.3, 0.4) is 0 Å². The van der Waals surface area contributed by atoms with E-state index in [9.17, 15) is 39.6 Å². The number of hydrogen-bond acceptors (Lipinski definition) is 12. The molecular formula is C40H64ClN3O12. The zero-order valence-electron chi connectivity index (χ0n) is 33.5. The highest BCUT2D eigenvalue weighted by Crippen LogP contribution is 2.22. The highest BCUT2D eigenvalue weighted by atomic mass is 35.5. The normalized spacial score (nSPS) is 13.7. The van der Waals surface area contributed by atoms with E-state index < -0.39 is 59.8 Å². The SMILES string of the molecule is C.CCN(CC(O)c1cccc(O)c1)C(=O)OC(Cl)C(C)C.CCN(CC(O)c1cccc(O)c1)C(=O)OC(OC(=O)C(C)CNC(=O)OC(C)(C)C)C(C)C. The van der Waals surface area contributed by atoms with Crippen molar-refractivity contribution in [3.05, 3.63) is 59.7 Å². The van der Waals surface area contributed by atoms with Crippen LogP contribution in [0.4, 0.5) is 14.4 Å². The number of carbonyl (C=O) groups excluding carboxylic acids is 4. The average molecular weight is 814 g/mol. The number of halogens is 1. The first-order chi connectivity index (χ1) is 25.6. The largest absolute Gasteiger partial charge is 0.508 e. The van der Waals surface area contributed by atoms with E-state index in [1.54, 1.807) is 79.7 Å². The number of aliphatic hydroxyl groups is 2. The van der Waals surface area contributed by atoms with Crippen molar-refractivity contribution in [1.82, 2.24) is 15.1 Å². The van der Waals surface area contributed by atoms with Gasteiger partial charge in [-0.25, -0.2) is 14.4 Å². The molecule has 0 aliphatic carbocycles. The molecule has 0 spiro atoms. The van der Waals surface area contributed by atoms with Gasteiger partial charge < -0.3 is 54.5 Å². The van der Waals surface area contributed by atoms with Crippen LogP contribution in [0.2, 0.25) is 0 Å². The number of carbonyl (C=O) groups is 4. The summed E-state index contributed by atoms with van der Waals surface area (Å²) in [5.74, 6) is -1.62. The summed E-state index contributed by atoms with van der Waals surface area (Å²) >= 11 is 5.92. The van der Waals surface area contributed by atoms with Crippen molar-refractivity contribution in [3.63, 3.8) is 0 Å². The van der Waals surface area contributed by atoms with E-state index in [-0.39, 0.29) is 56.9 Å². The number of aliphatic hydroxyl groups excluding tert-OH is 2. The Morgan fingerprint density at radius 3 is 1.57 bits per heavy atom. The number of amides is 3. The molecule has 2 aromatic carbocycles. The predicted molar refractivity (Wildman–Crippen MR) is 213 cm³/mol. The Bertz CT molecular complexity index is 1500. The number of esters is 1. The van der Waals surface area contributed by atoms with E-state index in [1.165, 1.54) is 34.1 Å². The van der Waals surface area contributed by atoms with E-state index >= 15 is 0 Å². The Labute approximate surface area is 336 Å². The molecule has 5 unspecified atom stereocenters. The summed E-state index contributed by atoms with van der Waals surface area (Å²) in [6, 6.07) is 12.4. The number of alkyl halides is 1. The third-order valence-corrected chi connectivity index (χ3v) is 8.25. The molecule has 3 amide bonds. The monoisotopic (exact) mass is 813 g/mol. The maximum atomic E-state index is 12.7. The third-order valence-electron chi connectivity index (χ3n) is 7.66. The second-order valence-electron chi connectivity index (χ2n) is 14.5. The number of phenolic OH excluding ortho intramolecular Hbond substituents is 2. The summed E-state index contributed by atoms with van der Waals surface area (Å²) in [4.78, 5) is 51.6. The molecule has 5 N–H and O–H groups in total. The molecule has 2 aromatic rings. The summed E-state index contributed by atoms with van der Waals surface area (Å²) in [6.07, 6.45) is -5.08. The van der Waals surface area contributed by atoms with Gasteiger partial charge in [-0.05, 0) is 70.0 Å². The number of ether oxygens (including phenoxy) is 4. The highest BCUT2D eigenvalue weighted by molar-refractivity contribution is 6.20. The minimum Gasteiger partial charge on any atom is -0.508 e. The zero-order chi connectivity index (χ0) is 42.0. The van der Waals surface area contributed by atoms with Gasteiger partial charge in [0.25, 0.3) is 6.29 Å². The molecule has 0 saturated heterocycles. The molecule has 0 heterocycles. The lowest BCUT2D eigenvalue weighted by Crippen LogP contribution is -2.41. The van der Waals surface area contributed by atoms with Gasteiger partial charge in [-0.2, -0.15) is 0 Å². The number of alkyl carbamates (subject to hydrolysis) is 1. The molecule has 0 aliphatic rings. The molecule has 0 aliphatic heterocycles. The number of hydrogen-bond donors (Lipinski definition) is 5. The second-order valence-corrected chi connectivity index (χ2v) is 14.9. The Hall–Kier alpha value is -4.47. The van der Waals surface area contributed by atoms with Gasteiger partial charge in [-0.1, -0.05) is 77.9 Å². The Kier molecular flexibility index (Phi) is 22.9. The molecule has 318 valence electrons. The van der Waals surface area contributed by atoms with Crippen molar-refractivity contribution in [2.24, 2.45) is 17.8 Å². The number of nitrogens with zero attached hydrogens (tertiary/aromatic N) is 2. The minimum absolute atomic E-state index is 0. The van der Waals surface area contributed by atoms with Crippen LogP contribution in [0.25, 0.3) is 0 Å². The number of phenols is 2. The maximum absolute atomic E-state index is 12.7. The van der Waals surface area contributed by atoms with Crippen molar-refractivity contribution >= 4 is 35.8 Å². The molecule has 0 aromatic heterocycles. The Balaban J connectivity index is 0.00000118. The first-order valence-corrected chi connectivity index (χ1v) is 18.7. The van der Waals surface area contributed by atoms with Crippen LogP contribution in [0.5, 0.6) is 11.5 Å². The summed E-state index contributed by atoms with van der Waals surface area (Å²) < 4.78 is 21.0. The minimum atomic E-state index is -1.16. The fourth-order valence-electron chi connectivity index (χ4n) is 4.40. The van der Waals surface area contributed by atoms with Gasteiger partial charge in [-0.3, -0.25) is 4.79 Å². The predicted octanol–water partition coefficient (Wildman–Crippen LogP) is 7.31. The maximum Gasteiger partial charge on any atom is 0.412 e. The van der Waals surface area contributed by atoms with E-state index in [0.29, 0.717) is 17.7 Å². The van der Waals surface area contributed by atoms with Crippen LogP contribution >= 0.6 is 11.6 Å². The number of likely N-dealkylation sites (N-methyl/N-ethyl adjacent to an activating group) is 2. The summed E-state index contributed by atoms with van der Waals surface area (Å²) in [6.45, 7) is 18.0. The van der Waals surface area contributed by atoms with Crippen LogP contribution in [-0.2, 0) is 23.7 Å². The molecule has 0 bridgehead atoms. The van der Waals surface area contributed by atoms with Crippen molar-refractivity contribution in [2.75, 3.05) is 32.7 Å². The van der Waals surface area contributed by atoms with Crippen LogP contribution < -0.4 is 5.32 Å². The van der Waals surface area contributed by atoms with Crippen LogP contribution in [-0.4, -0.2) is 105 Å². The number of benzene rings is 2. The van der Waals surface area contributed by atoms with E-state index in [2.05, 4.69) is 5.32 Å². The molecule has 16 heteroatoms. The third kappa shape index (κ3) is 19.4. The van der Waals surface area contributed by atoms with E-state index in [0.717, 1.165) is 0 Å². The van der Waals surface area contributed by atoms with E-state index in [1.807, 2.05) is 13.8 Å². The second kappa shape index (κ2) is 24.9. The highest BCUT2D eigenvalue weighted by Gasteiger charge is 2.29. The lowest BCUT2D eigenvalue weighted by Gasteiger charge is -2.28. The smallest absolute Gasteiger partial charge is 0.412 e. The van der Waals surface area contributed by atoms with E-state index in [4.69, 9.17) is 30.5 Å². The summed E-state index contributed by atoms with van der Waals surface area (Å²) in [5, 5.41) is 42.1. The molecule has 0 fully saturated rings. The van der Waals surface area contributed by atoms with Gasteiger partial charge in [0, 0.05) is 31.5 Å².